The maximum absolute atomic E-state index is 6.23. The molecule has 4 nitrogen and oxygen atoms in total. The van der Waals surface area contributed by atoms with Gasteiger partial charge in [0, 0.05) is 12.1 Å². The van der Waals surface area contributed by atoms with Crippen LogP contribution < -0.4 is 5.32 Å². The SMILES string of the molecule is C/C=C(\CC)c1cc(NC2CCCC2)n2ncc(Cl)c2n1.CC. The highest BCUT2D eigenvalue weighted by molar-refractivity contribution is 6.33. The van der Waals surface area contributed by atoms with Crippen molar-refractivity contribution < 1.29 is 0 Å². The second kappa shape index (κ2) is 8.34. The van der Waals surface area contributed by atoms with E-state index in [0.29, 0.717) is 11.1 Å². The van der Waals surface area contributed by atoms with Crippen LogP contribution in [0.4, 0.5) is 5.82 Å². The largest absolute Gasteiger partial charge is 0.367 e. The van der Waals surface area contributed by atoms with Gasteiger partial charge in [-0.15, -0.1) is 0 Å². The first-order chi connectivity index (χ1) is 11.2. The lowest BCUT2D eigenvalue weighted by molar-refractivity contribution is 0.740. The Morgan fingerprint density at radius 1 is 1.39 bits per heavy atom. The zero-order chi connectivity index (χ0) is 16.8. The molecule has 2 aromatic heterocycles. The number of nitrogens with zero attached hydrogens (tertiary/aromatic N) is 3. The van der Waals surface area contributed by atoms with E-state index in [0.717, 1.165) is 23.6 Å². The minimum atomic E-state index is 0.530. The van der Waals surface area contributed by atoms with E-state index in [1.54, 1.807) is 6.20 Å². The number of allylic oxidation sites excluding steroid dienone is 2. The molecular weight excluding hydrogens is 308 g/mol. The molecule has 5 heteroatoms. The average Bonchev–Trinajstić information content (AvgIpc) is 3.21. The van der Waals surface area contributed by atoms with Crippen LogP contribution in [0.15, 0.2) is 18.3 Å². The van der Waals surface area contributed by atoms with Gasteiger partial charge in [0.15, 0.2) is 5.65 Å². The van der Waals surface area contributed by atoms with E-state index in [2.05, 4.69) is 34.5 Å². The fourth-order valence-electron chi connectivity index (χ4n) is 3.02. The molecule has 0 aromatic carbocycles. The van der Waals surface area contributed by atoms with Crippen molar-refractivity contribution in [2.24, 2.45) is 0 Å². The van der Waals surface area contributed by atoms with Crippen LogP contribution in [-0.4, -0.2) is 20.6 Å². The minimum Gasteiger partial charge on any atom is -0.367 e. The van der Waals surface area contributed by atoms with Gasteiger partial charge in [-0.3, -0.25) is 0 Å². The summed E-state index contributed by atoms with van der Waals surface area (Å²) < 4.78 is 1.81. The Bertz CT molecular complexity index is 669. The average molecular weight is 335 g/mol. The summed E-state index contributed by atoms with van der Waals surface area (Å²) in [4.78, 5) is 4.67. The molecule has 1 saturated carbocycles. The van der Waals surface area contributed by atoms with E-state index < -0.39 is 0 Å². The summed E-state index contributed by atoms with van der Waals surface area (Å²) in [5.74, 6) is 0.988. The zero-order valence-electron chi connectivity index (χ0n) is 14.6. The number of halogens is 1. The van der Waals surface area contributed by atoms with Crippen molar-refractivity contribution in [3.05, 3.63) is 29.1 Å². The Kier molecular flexibility index (Phi) is 6.46. The molecule has 0 aliphatic heterocycles. The summed E-state index contributed by atoms with van der Waals surface area (Å²) in [6.45, 7) is 8.19. The second-order valence-electron chi connectivity index (χ2n) is 5.55. The molecule has 0 unspecified atom stereocenters. The Labute approximate surface area is 144 Å². The van der Waals surface area contributed by atoms with Gasteiger partial charge < -0.3 is 5.32 Å². The zero-order valence-corrected chi connectivity index (χ0v) is 15.3. The molecule has 0 amide bonds. The van der Waals surface area contributed by atoms with Gasteiger partial charge in [0.1, 0.15) is 10.8 Å². The van der Waals surface area contributed by atoms with Crippen molar-refractivity contribution in [1.82, 2.24) is 14.6 Å². The van der Waals surface area contributed by atoms with Gasteiger partial charge in [0.25, 0.3) is 0 Å². The quantitative estimate of drug-likeness (QED) is 0.794. The van der Waals surface area contributed by atoms with Crippen molar-refractivity contribution in [1.29, 1.82) is 0 Å². The Balaban J connectivity index is 0.000000924. The van der Waals surface area contributed by atoms with Gasteiger partial charge in [0.2, 0.25) is 0 Å². The third-order valence-electron chi connectivity index (χ3n) is 4.19. The van der Waals surface area contributed by atoms with Crippen LogP contribution in [0.2, 0.25) is 5.02 Å². The van der Waals surface area contributed by atoms with Crippen LogP contribution in [0.25, 0.3) is 11.2 Å². The van der Waals surface area contributed by atoms with Crippen LogP contribution in [0.1, 0.15) is 65.5 Å². The number of hydrogen-bond donors (Lipinski definition) is 1. The van der Waals surface area contributed by atoms with Crippen LogP contribution in [-0.2, 0) is 0 Å². The molecule has 2 aromatic rings. The van der Waals surface area contributed by atoms with E-state index in [1.165, 1.54) is 31.3 Å². The lowest BCUT2D eigenvalue weighted by atomic mass is 10.1. The van der Waals surface area contributed by atoms with Crippen LogP contribution >= 0.6 is 11.6 Å². The number of rotatable bonds is 4. The fraction of sp³-hybridized carbons (Fsp3) is 0.556. The molecule has 1 aliphatic rings. The first-order valence-corrected chi connectivity index (χ1v) is 9.07. The van der Waals surface area contributed by atoms with E-state index in [9.17, 15) is 0 Å². The molecule has 1 fully saturated rings. The van der Waals surface area contributed by atoms with Crippen LogP contribution in [0.3, 0.4) is 0 Å². The van der Waals surface area contributed by atoms with Gasteiger partial charge >= 0.3 is 0 Å². The summed E-state index contributed by atoms with van der Waals surface area (Å²) >= 11 is 6.23. The number of nitrogens with one attached hydrogen (secondary N) is 1. The second-order valence-corrected chi connectivity index (χ2v) is 5.95. The van der Waals surface area contributed by atoms with E-state index in [4.69, 9.17) is 11.6 Å². The van der Waals surface area contributed by atoms with E-state index >= 15 is 0 Å². The molecular formula is C18H27ClN4. The predicted molar refractivity (Wildman–Crippen MR) is 99.2 cm³/mol. The van der Waals surface area contributed by atoms with Crippen molar-refractivity contribution in [2.45, 2.75) is 65.8 Å². The third kappa shape index (κ3) is 3.86. The van der Waals surface area contributed by atoms with Crippen molar-refractivity contribution in [2.75, 3.05) is 5.32 Å². The first kappa shape index (κ1) is 17.8. The minimum absolute atomic E-state index is 0.530. The number of hydrogen-bond acceptors (Lipinski definition) is 3. The van der Waals surface area contributed by atoms with Gasteiger partial charge in [-0.05, 0) is 31.8 Å². The molecule has 2 heterocycles. The van der Waals surface area contributed by atoms with Gasteiger partial charge in [-0.1, -0.05) is 51.3 Å². The summed E-state index contributed by atoms with van der Waals surface area (Å²) in [5.41, 5.74) is 2.93. The maximum Gasteiger partial charge on any atom is 0.176 e. The van der Waals surface area contributed by atoms with E-state index in [1.807, 2.05) is 25.3 Å². The van der Waals surface area contributed by atoms with Crippen LogP contribution in [0, 0.1) is 0 Å². The molecule has 0 saturated heterocycles. The normalized spacial score (nSPS) is 15.6. The Morgan fingerprint density at radius 2 is 2.09 bits per heavy atom. The van der Waals surface area contributed by atoms with Crippen molar-refractivity contribution in [3.63, 3.8) is 0 Å². The monoisotopic (exact) mass is 334 g/mol. The molecule has 1 aliphatic carbocycles. The summed E-state index contributed by atoms with van der Waals surface area (Å²) in [6.07, 6.45) is 9.77. The predicted octanol–water partition coefficient (Wildman–Crippen LogP) is 5.58. The smallest absolute Gasteiger partial charge is 0.176 e. The Hall–Kier alpha value is -1.55. The van der Waals surface area contributed by atoms with Crippen molar-refractivity contribution >= 4 is 28.6 Å². The highest BCUT2D eigenvalue weighted by Gasteiger charge is 2.18. The van der Waals surface area contributed by atoms with Gasteiger partial charge in [0.05, 0.1) is 11.9 Å². The molecule has 0 atom stereocenters. The lowest BCUT2D eigenvalue weighted by Gasteiger charge is -2.16. The maximum atomic E-state index is 6.23. The number of anilines is 1. The van der Waals surface area contributed by atoms with Crippen molar-refractivity contribution in [3.8, 4) is 0 Å². The van der Waals surface area contributed by atoms with Gasteiger partial charge in [-0.2, -0.15) is 9.61 Å². The van der Waals surface area contributed by atoms with E-state index in [-0.39, 0.29) is 0 Å². The molecule has 3 rings (SSSR count). The summed E-state index contributed by atoms with van der Waals surface area (Å²) in [6, 6.07) is 2.62. The number of fused-ring (bicyclic) bond motifs is 1. The Morgan fingerprint density at radius 3 is 2.70 bits per heavy atom. The highest BCUT2D eigenvalue weighted by atomic mass is 35.5. The van der Waals surface area contributed by atoms with Crippen LogP contribution in [0.5, 0.6) is 0 Å². The molecule has 1 N–H and O–H groups in total. The molecule has 0 spiro atoms. The van der Waals surface area contributed by atoms with Gasteiger partial charge in [-0.25, -0.2) is 4.98 Å². The molecule has 0 radical (unpaired) electrons. The third-order valence-corrected chi connectivity index (χ3v) is 4.46. The first-order valence-electron chi connectivity index (χ1n) is 8.69. The fourth-order valence-corrected chi connectivity index (χ4v) is 3.18. The summed E-state index contributed by atoms with van der Waals surface area (Å²) in [5, 5.41) is 8.56. The summed E-state index contributed by atoms with van der Waals surface area (Å²) in [7, 11) is 0. The highest BCUT2D eigenvalue weighted by Crippen LogP contribution is 2.27. The standard InChI is InChI=1S/C16H21ClN4.C2H6/c1-3-11(4-2)14-9-15(19-12-7-5-6-8-12)21-16(20-14)13(17)10-18-21;1-2/h3,9-10,12,19H,4-8H2,1-2H3;1-2H3/b11-3+;. The lowest BCUT2D eigenvalue weighted by Crippen LogP contribution is -2.17. The topological polar surface area (TPSA) is 42.2 Å². The molecule has 0 bridgehead atoms. The number of aromatic nitrogens is 3. The molecule has 126 valence electrons. The molecule has 23 heavy (non-hydrogen) atoms.